The van der Waals surface area contributed by atoms with E-state index in [1.165, 1.54) is 10.5 Å². The van der Waals surface area contributed by atoms with Crippen LogP contribution in [0.5, 0.6) is 0 Å². The number of hydrogen-bond acceptors (Lipinski definition) is 3. The molecule has 5 heteroatoms. The number of thioether (sulfide) groups is 1. The summed E-state index contributed by atoms with van der Waals surface area (Å²) in [5.74, 6) is -1.01. The second-order valence-electron chi connectivity index (χ2n) is 5.08. The van der Waals surface area contributed by atoms with Crippen LogP contribution in [0.1, 0.15) is 18.4 Å². The van der Waals surface area contributed by atoms with Gasteiger partial charge in [0.15, 0.2) is 0 Å². The van der Waals surface area contributed by atoms with Crippen molar-refractivity contribution in [1.29, 1.82) is 0 Å². The van der Waals surface area contributed by atoms with Crippen molar-refractivity contribution < 1.29 is 14.7 Å². The van der Waals surface area contributed by atoms with Crippen LogP contribution in [0, 0.1) is 18.8 Å². The van der Waals surface area contributed by atoms with Gasteiger partial charge in [-0.1, -0.05) is 17.7 Å². The lowest BCUT2D eigenvalue weighted by atomic mass is 9.73. The van der Waals surface area contributed by atoms with Gasteiger partial charge in [-0.25, -0.2) is 0 Å². The minimum atomic E-state index is -0.856. The van der Waals surface area contributed by atoms with Gasteiger partial charge in [0, 0.05) is 17.2 Å². The van der Waals surface area contributed by atoms with Gasteiger partial charge in [-0.2, -0.15) is 0 Å². The van der Waals surface area contributed by atoms with Crippen LogP contribution >= 0.6 is 11.8 Å². The summed E-state index contributed by atoms with van der Waals surface area (Å²) < 4.78 is 0. The predicted octanol–water partition coefficient (Wildman–Crippen LogP) is 2.31. The van der Waals surface area contributed by atoms with E-state index in [9.17, 15) is 9.59 Å². The van der Waals surface area contributed by atoms with Crippen molar-refractivity contribution in [2.24, 2.45) is 11.8 Å². The summed E-state index contributed by atoms with van der Waals surface area (Å²) in [5, 5.41) is 11.7. The van der Waals surface area contributed by atoms with Crippen molar-refractivity contribution in [3.8, 4) is 0 Å². The Morgan fingerprint density at radius 2 is 1.90 bits per heavy atom. The third-order valence-electron chi connectivity index (χ3n) is 3.62. The van der Waals surface area contributed by atoms with Crippen LogP contribution in [0.3, 0.4) is 0 Å². The minimum absolute atomic E-state index is 0.117. The van der Waals surface area contributed by atoms with E-state index in [1.54, 1.807) is 11.8 Å². The zero-order chi connectivity index (χ0) is 14.5. The van der Waals surface area contributed by atoms with Gasteiger partial charge < -0.3 is 10.4 Å². The van der Waals surface area contributed by atoms with Crippen LogP contribution in [0.2, 0.25) is 0 Å². The number of hydrogen-bond donors (Lipinski definition) is 2. The van der Waals surface area contributed by atoms with Gasteiger partial charge >= 0.3 is 5.97 Å². The van der Waals surface area contributed by atoms with Crippen LogP contribution in [0.4, 0.5) is 0 Å². The lowest BCUT2D eigenvalue weighted by Gasteiger charge is -2.31. The normalized spacial score (nSPS) is 21.1. The van der Waals surface area contributed by atoms with Crippen LogP contribution < -0.4 is 5.32 Å². The van der Waals surface area contributed by atoms with Crippen molar-refractivity contribution >= 4 is 23.6 Å². The van der Waals surface area contributed by atoms with Crippen molar-refractivity contribution in [3.63, 3.8) is 0 Å². The lowest BCUT2D eigenvalue weighted by molar-refractivity contribution is -0.152. The third-order valence-corrected chi connectivity index (χ3v) is 4.63. The molecule has 1 amide bonds. The first-order valence-corrected chi connectivity index (χ1v) is 7.76. The predicted molar refractivity (Wildman–Crippen MR) is 78.8 cm³/mol. The van der Waals surface area contributed by atoms with Gasteiger partial charge in [0.25, 0.3) is 0 Å². The van der Waals surface area contributed by atoms with E-state index in [-0.39, 0.29) is 11.8 Å². The first-order valence-electron chi connectivity index (χ1n) is 6.78. The average Bonchev–Trinajstić information content (AvgIpc) is 2.34. The van der Waals surface area contributed by atoms with E-state index in [0.29, 0.717) is 19.4 Å². The van der Waals surface area contributed by atoms with Crippen LogP contribution in [-0.2, 0) is 9.59 Å². The maximum absolute atomic E-state index is 11.8. The van der Waals surface area contributed by atoms with Crippen LogP contribution in [-0.4, -0.2) is 29.3 Å². The molecule has 0 bridgehead atoms. The maximum Gasteiger partial charge on any atom is 0.307 e. The first kappa shape index (κ1) is 14.9. The Morgan fingerprint density at radius 3 is 2.45 bits per heavy atom. The SMILES string of the molecule is Cc1ccc(SCCNC(=O)C2CCC2C(=O)O)cc1. The molecular weight excluding hydrogens is 274 g/mol. The summed E-state index contributed by atoms with van der Waals surface area (Å²) in [4.78, 5) is 23.8. The van der Waals surface area contributed by atoms with Gasteiger partial charge in [-0.05, 0) is 31.9 Å². The Labute approximate surface area is 123 Å². The van der Waals surface area contributed by atoms with E-state index in [1.807, 2.05) is 6.92 Å². The highest BCUT2D eigenvalue weighted by molar-refractivity contribution is 7.99. The molecule has 1 aliphatic rings. The molecule has 108 valence electrons. The number of aryl methyl sites for hydroxylation is 1. The zero-order valence-electron chi connectivity index (χ0n) is 11.5. The highest BCUT2D eigenvalue weighted by atomic mass is 32.2. The molecule has 20 heavy (non-hydrogen) atoms. The number of carboxylic acids is 1. The topological polar surface area (TPSA) is 66.4 Å². The van der Waals surface area contributed by atoms with Gasteiger partial charge in [0.2, 0.25) is 5.91 Å². The molecule has 1 fully saturated rings. The molecule has 2 rings (SSSR count). The Balaban J connectivity index is 1.67. The molecule has 0 radical (unpaired) electrons. The number of carbonyl (C=O) groups is 2. The third kappa shape index (κ3) is 3.76. The van der Waals surface area contributed by atoms with E-state index in [4.69, 9.17) is 5.11 Å². The van der Waals surface area contributed by atoms with E-state index in [0.717, 1.165) is 5.75 Å². The molecule has 1 aromatic carbocycles. The van der Waals surface area contributed by atoms with E-state index < -0.39 is 11.9 Å². The summed E-state index contributed by atoms with van der Waals surface area (Å²) in [6, 6.07) is 8.25. The number of rotatable bonds is 6. The number of aliphatic carboxylic acids is 1. The first-order chi connectivity index (χ1) is 9.58. The molecule has 0 saturated heterocycles. The van der Waals surface area contributed by atoms with Gasteiger partial charge in [0.1, 0.15) is 0 Å². The summed E-state index contributed by atoms with van der Waals surface area (Å²) >= 11 is 1.68. The Kier molecular flexibility index (Phi) is 5.06. The van der Waals surface area contributed by atoms with Crippen molar-refractivity contribution in [3.05, 3.63) is 29.8 Å². The molecule has 1 saturated carbocycles. The summed E-state index contributed by atoms with van der Waals surface area (Å²) in [7, 11) is 0. The lowest BCUT2D eigenvalue weighted by Crippen LogP contribution is -2.44. The molecule has 2 atom stereocenters. The number of nitrogens with one attached hydrogen (secondary N) is 1. The van der Waals surface area contributed by atoms with E-state index >= 15 is 0 Å². The monoisotopic (exact) mass is 293 g/mol. The Hall–Kier alpha value is -1.49. The smallest absolute Gasteiger partial charge is 0.307 e. The Bertz CT molecular complexity index is 486. The highest BCUT2D eigenvalue weighted by Crippen LogP contribution is 2.34. The van der Waals surface area contributed by atoms with Crippen LogP contribution in [0.15, 0.2) is 29.2 Å². The average molecular weight is 293 g/mol. The molecule has 0 aromatic heterocycles. The second-order valence-corrected chi connectivity index (χ2v) is 6.25. The molecule has 2 unspecified atom stereocenters. The van der Waals surface area contributed by atoms with Gasteiger partial charge in [-0.3, -0.25) is 9.59 Å². The summed E-state index contributed by atoms with van der Waals surface area (Å²) in [6.07, 6.45) is 1.31. The standard InChI is InChI=1S/C15H19NO3S/c1-10-2-4-11(5-3-10)20-9-8-16-14(17)12-6-7-13(12)15(18)19/h2-5,12-13H,6-9H2,1H3,(H,16,17)(H,18,19). The molecule has 2 N–H and O–H groups in total. The largest absolute Gasteiger partial charge is 0.481 e. The number of carboxylic acid groups (broad SMARTS) is 1. The fraction of sp³-hybridized carbons (Fsp3) is 0.467. The summed E-state index contributed by atoms with van der Waals surface area (Å²) in [6.45, 7) is 2.62. The van der Waals surface area contributed by atoms with Crippen LogP contribution in [0.25, 0.3) is 0 Å². The second kappa shape index (κ2) is 6.79. The number of benzene rings is 1. The molecule has 0 aliphatic heterocycles. The maximum atomic E-state index is 11.8. The van der Waals surface area contributed by atoms with E-state index in [2.05, 4.69) is 29.6 Å². The molecule has 0 heterocycles. The fourth-order valence-corrected chi connectivity index (χ4v) is 2.99. The van der Waals surface area contributed by atoms with Crippen molar-refractivity contribution in [1.82, 2.24) is 5.32 Å². The minimum Gasteiger partial charge on any atom is -0.481 e. The molecule has 0 spiro atoms. The van der Waals surface area contributed by atoms with Gasteiger partial charge in [0.05, 0.1) is 11.8 Å². The number of carbonyl (C=O) groups excluding carboxylic acids is 1. The van der Waals surface area contributed by atoms with Crippen molar-refractivity contribution in [2.75, 3.05) is 12.3 Å². The fourth-order valence-electron chi connectivity index (χ4n) is 2.22. The highest BCUT2D eigenvalue weighted by Gasteiger charge is 2.41. The molecular formula is C15H19NO3S. The van der Waals surface area contributed by atoms with Gasteiger partial charge in [-0.15, -0.1) is 11.8 Å². The Morgan fingerprint density at radius 1 is 1.25 bits per heavy atom. The van der Waals surface area contributed by atoms with Crippen molar-refractivity contribution in [2.45, 2.75) is 24.7 Å². The zero-order valence-corrected chi connectivity index (χ0v) is 12.3. The molecule has 4 nitrogen and oxygen atoms in total. The quantitative estimate of drug-likeness (QED) is 0.624. The summed E-state index contributed by atoms with van der Waals surface area (Å²) in [5.41, 5.74) is 1.23. The number of amides is 1. The molecule has 1 aromatic rings. The molecule has 1 aliphatic carbocycles.